The Morgan fingerprint density at radius 3 is 2.61 bits per heavy atom. The van der Waals surface area contributed by atoms with Crippen molar-refractivity contribution in [1.29, 1.82) is 0 Å². The molecule has 0 saturated heterocycles. The van der Waals surface area contributed by atoms with Crippen molar-refractivity contribution in [2.24, 2.45) is 0 Å². The summed E-state index contributed by atoms with van der Waals surface area (Å²) < 4.78 is 11.1. The van der Waals surface area contributed by atoms with Gasteiger partial charge < -0.3 is 24.4 Å². The van der Waals surface area contributed by atoms with Crippen LogP contribution in [0.15, 0.2) is 60.7 Å². The van der Waals surface area contributed by atoms with Gasteiger partial charge in [-0.25, -0.2) is 4.79 Å². The number of rotatable bonds is 7. The number of fused-ring (bicyclic) bond motifs is 2. The second-order valence-electron chi connectivity index (χ2n) is 9.00. The molecular weight excluding hydrogens is 531 g/mol. The molecule has 2 aliphatic heterocycles. The molecule has 0 fully saturated rings. The summed E-state index contributed by atoms with van der Waals surface area (Å²) in [5.74, 6) is -0.670. The zero-order chi connectivity index (χ0) is 26.8. The zero-order valence-electron chi connectivity index (χ0n) is 20.2. The summed E-state index contributed by atoms with van der Waals surface area (Å²) in [6.45, 7) is -0.0601. The third kappa shape index (κ3) is 5.28. The van der Waals surface area contributed by atoms with Crippen molar-refractivity contribution in [3.8, 4) is 11.5 Å². The predicted molar refractivity (Wildman–Crippen MR) is 142 cm³/mol. The maximum Gasteiger partial charge on any atom is 0.341 e. The highest BCUT2D eigenvalue weighted by Gasteiger charge is 2.35. The maximum atomic E-state index is 13.7. The van der Waals surface area contributed by atoms with Crippen LogP contribution in [0.1, 0.15) is 29.2 Å². The van der Waals surface area contributed by atoms with Crippen LogP contribution in [0, 0.1) is 0 Å². The zero-order valence-corrected chi connectivity index (χ0v) is 21.7. The van der Waals surface area contributed by atoms with Crippen molar-refractivity contribution in [1.82, 2.24) is 4.90 Å². The number of aliphatic carboxylic acids is 1. The number of hydrogen-bond acceptors (Lipinski definition) is 5. The van der Waals surface area contributed by atoms with Gasteiger partial charge in [-0.15, -0.1) is 0 Å². The van der Waals surface area contributed by atoms with Crippen molar-refractivity contribution >= 4 is 46.7 Å². The molecule has 2 heterocycles. The van der Waals surface area contributed by atoms with Crippen LogP contribution in [0.25, 0.3) is 0 Å². The topological polar surface area (TPSA) is 96.4 Å². The van der Waals surface area contributed by atoms with Gasteiger partial charge in [0.25, 0.3) is 5.91 Å². The summed E-state index contributed by atoms with van der Waals surface area (Å²) in [6.07, 6.45) is 0.710. The average Bonchev–Trinajstić information content (AvgIpc) is 2.91. The summed E-state index contributed by atoms with van der Waals surface area (Å²) >= 11 is 12.5. The van der Waals surface area contributed by atoms with Crippen molar-refractivity contribution in [3.63, 3.8) is 0 Å². The van der Waals surface area contributed by atoms with Crippen molar-refractivity contribution < 1.29 is 29.0 Å². The van der Waals surface area contributed by atoms with E-state index in [-0.39, 0.29) is 31.4 Å². The van der Waals surface area contributed by atoms with Crippen molar-refractivity contribution in [3.05, 3.63) is 87.4 Å². The number of carbonyl (C=O) groups excluding carboxylic acids is 2. The van der Waals surface area contributed by atoms with Gasteiger partial charge in [-0.2, -0.15) is 0 Å². The van der Waals surface area contributed by atoms with Crippen molar-refractivity contribution in [2.45, 2.75) is 18.9 Å². The van der Waals surface area contributed by atoms with Gasteiger partial charge in [-0.1, -0.05) is 47.5 Å². The van der Waals surface area contributed by atoms with Gasteiger partial charge in [-0.05, 0) is 53.9 Å². The van der Waals surface area contributed by atoms with E-state index in [1.54, 1.807) is 41.3 Å². The van der Waals surface area contributed by atoms with Crippen LogP contribution in [0.2, 0.25) is 10.0 Å². The highest BCUT2D eigenvalue weighted by atomic mass is 35.5. The lowest BCUT2D eigenvalue weighted by Crippen LogP contribution is -2.44. The molecule has 38 heavy (non-hydrogen) atoms. The molecule has 3 aromatic rings. The molecule has 10 heteroatoms. The quantitative estimate of drug-likeness (QED) is 0.452. The lowest BCUT2D eigenvalue weighted by atomic mass is 9.87. The Kier molecular flexibility index (Phi) is 7.44. The van der Waals surface area contributed by atoms with Crippen LogP contribution in [-0.4, -0.2) is 54.1 Å². The number of nitrogens with zero attached hydrogens (tertiary/aromatic N) is 2. The minimum atomic E-state index is -1.11. The van der Waals surface area contributed by atoms with E-state index < -0.39 is 18.6 Å². The van der Waals surface area contributed by atoms with E-state index in [0.717, 1.165) is 11.1 Å². The molecule has 1 unspecified atom stereocenters. The van der Waals surface area contributed by atoms with E-state index in [1.807, 2.05) is 24.3 Å². The van der Waals surface area contributed by atoms with Gasteiger partial charge in [-0.3, -0.25) is 9.59 Å². The van der Waals surface area contributed by atoms with Gasteiger partial charge in [0.15, 0.2) is 13.2 Å². The van der Waals surface area contributed by atoms with E-state index in [0.29, 0.717) is 45.8 Å². The number of hydrogen-bond donors (Lipinski definition) is 1. The molecule has 0 saturated carbocycles. The van der Waals surface area contributed by atoms with E-state index in [1.165, 1.54) is 4.90 Å². The molecule has 0 spiro atoms. The van der Waals surface area contributed by atoms with Crippen LogP contribution < -0.4 is 14.4 Å². The summed E-state index contributed by atoms with van der Waals surface area (Å²) in [7, 11) is 0. The van der Waals surface area contributed by atoms with Crippen LogP contribution in [0.4, 0.5) is 5.69 Å². The third-order valence-corrected chi connectivity index (χ3v) is 7.10. The fraction of sp³-hybridized carbons (Fsp3) is 0.250. The number of benzene rings is 3. The molecular formula is C28H24Cl2N2O6. The van der Waals surface area contributed by atoms with Gasteiger partial charge >= 0.3 is 5.97 Å². The Morgan fingerprint density at radius 2 is 1.79 bits per heavy atom. The second-order valence-corrected chi connectivity index (χ2v) is 9.87. The Morgan fingerprint density at radius 1 is 1.03 bits per heavy atom. The number of carbonyl (C=O) groups is 3. The van der Waals surface area contributed by atoms with E-state index in [4.69, 9.17) is 37.8 Å². The first-order valence-electron chi connectivity index (χ1n) is 12.1. The van der Waals surface area contributed by atoms with Crippen LogP contribution in [-0.2, 0) is 20.8 Å². The number of anilines is 1. The fourth-order valence-corrected chi connectivity index (χ4v) is 5.29. The predicted octanol–water partition coefficient (Wildman–Crippen LogP) is 4.75. The monoisotopic (exact) mass is 554 g/mol. The number of halogens is 2. The van der Waals surface area contributed by atoms with Gasteiger partial charge in [0.05, 0.1) is 11.7 Å². The molecule has 2 aliphatic rings. The maximum absolute atomic E-state index is 13.7. The molecule has 0 bridgehead atoms. The molecule has 1 N–H and O–H groups in total. The second kappa shape index (κ2) is 10.9. The van der Waals surface area contributed by atoms with Gasteiger partial charge in [0.1, 0.15) is 11.5 Å². The molecule has 3 aromatic carbocycles. The largest absolute Gasteiger partial charge is 0.482 e. The first kappa shape index (κ1) is 25.9. The molecule has 1 atom stereocenters. The van der Waals surface area contributed by atoms with E-state index in [2.05, 4.69) is 0 Å². The molecule has 5 rings (SSSR count). The number of carboxylic acids is 1. The average molecular weight is 555 g/mol. The van der Waals surface area contributed by atoms with Crippen molar-refractivity contribution in [2.75, 3.05) is 31.2 Å². The molecule has 0 aliphatic carbocycles. The third-order valence-electron chi connectivity index (χ3n) is 6.63. The number of ether oxygens (including phenoxy) is 2. The van der Waals surface area contributed by atoms with Gasteiger partial charge in [0.2, 0.25) is 5.91 Å². The summed E-state index contributed by atoms with van der Waals surface area (Å²) in [6, 6.07) is 17.2. The minimum Gasteiger partial charge on any atom is -0.482 e. The molecule has 2 amide bonds. The summed E-state index contributed by atoms with van der Waals surface area (Å²) in [4.78, 5) is 40.9. The highest BCUT2D eigenvalue weighted by molar-refractivity contribution is 6.31. The Hall–Kier alpha value is -3.75. The smallest absolute Gasteiger partial charge is 0.341 e. The van der Waals surface area contributed by atoms with Gasteiger partial charge in [0, 0.05) is 35.1 Å². The van der Waals surface area contributed by atoms with Crippen LogP contribution in [0.5, 0.6) is 11.5 Å². The SMILES string of the molecule is O=C(O)COc1ccc(Cl)cc1C1c2ccccc2CCN1C(=O)CCN1C(=O)COc2ccc(Cl)cc21. The van der Waals surface area contributed by atoms with E-state index in [9.17, 15) is 14.4 Å². The first-order chi connectivity index (χ1) is 18.3. The lowest BCUT2D eigenvalue weighted by Gasteiger charge is -2.39. The molecule has 196 valence electrons. The Balaban J connectivity index is 1.46. The first-order valence-corrected chi connectivity index (χ1v) is 12.8. The molecule has 8 nitrogen and oxygen atoms in total. The minimum absolute atomic E-state index is 0.0578. The number of amides is 2. The summed E-state index contributed by atoms with van der Waals surface area (Å²) in [5, 5.41) is 10.1. The standard InChI is InChI=1S/C28H24Cl2N2O6/c29-18-5-7-23(38-16-27(35)36)21(13-18)28-20-4-2-1-3-17(20)9-11-32(28)25(33)10-12-31-22-14-19(30)6-8-24(22)37-15-26(31)34/h1-8,13-14,28H,9-12,15-16H2,(H,35,36). The molecule has 0 aromatic heterocycles. The Labute approximate surface area is 229 Å². The Bertz CT molecular complexity index is 1410. The fourth-order valence-electron chi connectivity index (χ4n) is 4.95. The number of carboxylic acid groups (broad SMARTS) is 1. The highest BCUT2D eigenvalue weighted by Crippen LogP contribution is 2.41. The normalized spacial score (nSPS) is 16.4. The van der Waals surface area contributed by atoms with E-state index >= 15 is 0 Å². The van der Waals surface area contributed by atoms with Crippen LogP contribution in [0.3, 0.4) is 0 Å². The van der Waals surface area contributed by atoms with Crippen LogP contribution >= 0.6 is 23.2 Å². The lowest BCUT2D eigenvalue weighted by molar-refractivity contribution is -0.139. The summed E-state index contributed by atoms with van der Waals surface area (Å²) in [5.41, 5.74) is 3.12. The molecule has 0 radical (unpaired) electrons.